The Morgan fingerprint density at radius 2 is 2.06 bits per heavy atom. The third-order valence-electron chi connectivity index (χ3n) is 2.94. The van der Waals surface area contributed by atoms with Crippen molar-refractivity contribution in [1.82, 2.24) is 10.3 Å². The Hall–Kier alpha value is -1.63. The molecule has 0 spiro atoms. The van der Waals surface area contributed by atoms with Gasteiger partial charge >= 0.3 is 0 Å². The lowest BCUT2D eigenvalue weighted by Gasteiger charge is -2.22. The summed E-state index contributed by atoms with van der Waals surface area (Å²) in [4.78, 5) is 15.8. The van der Waals surface area contributed by atoms with Gasteiger partial charge in [0.25, 0.3) is 5.91 Å². The number of carbonyl (C=O) groups excluding carboxylic acids is 1. The number of aromatic nitrogens is 1. The molecular formula is C11H15N3O3S. The molecule has 0 saturated carbocycles. The second kappa shape index (κ2) is 4.93. The van der Waals surface area contributed by atoms with Gasteiger partial charge in [-0.05, 0) is 25.0 Å². The molecule has 2 rings (SSSR count). The topological polar surface area (TPSA) is 102 Å². The summed E-state index contributed by atoms with van der Waals surface area (Å²) in [6.45, 7) is 0. The molecule has 1 aliphatic rings. The fourth-order valence-electron chi connectivity index (χ4n) is 1.90. The molecule has 98 valence electrons. The van der Waals surface area contributed by atoms with Crippen LogP contribution in [0.5, 0.6) is 0 Å². The maximum Gasteiger partial charge on any atom is 0.272 e. The fraction of sp³-hybridized carbons (Fsp3) is 0.455. The van der Waals surface area contributed by atoms with E-state index in [0.717, 1.165) is 0 Å². The molecule has 18 heavy (non-hydrogen) atoms. The standard InChI is InChI=1S/C11H15N3O3S/c12-9-2-1-5-13-10(9)11(15)14-8-3-6-18(16,17)7-4-8/h1-2,5,8H,3-4,6-7,12H2,(H,14,15). The number of hydrogen-bond acceptors (Lipinski definition) is 5. The van der Waals surface area contributed by atoms with Crippen LogP contribution in [-0.4, -0.2) is 36.9 Å². The van der Waals surface area contributed by atoms with Gasteiger partial charge in [0.15, 0.2) is 5.69 Å². The van der Waals surface area contributed by atoms with Gasteiger partial charge in [-0.1, -0.05) is 0 Å². The number of carbonyl (C=O) groups is 1. The van der Waals surface area contributed by atoms with Crippen molar-refractivity contribution in [3.8, 4) is 0 Å². The molecule has 1 amide bonds. The van der Waals surface area contributed by atoms with Crippen molar-refractivity contribution in [1.29, 1.82) is 0 Å². The molecule has 1 fully saturated rings. The number of nitrogens with two attached hydrogens (primary N) is 1. The molecule has 0 aliphatic carbocycles. The summed E-state index contributed by atoms with van der Waals surface area (Å²) in [5, 5.41) is 2.77. The van der Waals surface area contributed by atoms with Gasteiger partial charge in [0.05, 0.1) is 17.2 Å². The molecule has 0 atom stereocenters. The number of amides is 1. The second-order valence-corrected chi connectivity index (χ2v) is 6.64. The van der Waals surface area contributed by atoms with Gasteiger partial charge in [0.1, 0.15) is 9.84 Å². The van der Waals surface area contributed by atoms with Crippen molar-refractivity contribution in [3.63, 3.8) is 0 Å². The fourth-order valence-corrected chi connectivity index (χ4v) is 3.39. The number of rotatable bonds is 2. The van der Waals surface area contributed by atoms with Crippen LogP contribution in [0, 0.1) is 0 Å². The quantitative estimate of drug-likeness (QED) is 0.785. The summed E-state index contributed by atoms with van der Waals surface area (Å²) < 4.78 is 22.5. The Labute approximate surface area is 106 Å². The van der Waals surface area contributed by atoms with E-state index in [4.69, 9.17) is 5.73 Å². The van der Waals surface area contributed by atoms with E-state index in [1.54, 1.807) is 12.1 Å². The monoisotopic (exact) mass is 269 g/mol. The Bertz CT molecular complexity index is 542. The predicted molar refractivity (Wildman–Crippen MR) is 67.8 cm³/mol. The maximum atomic E-state index is 11.9. The van der Waals surface area contributed by atoms with Crippen molar-refractivity contribution in [3.05, 3.63) is 24.0 Å². The van der Waals surface area contributed by atoms with Crippen molar-refractivity contribution in [2.75, 3.05) is 17.2 Å². The lowest BCUT2D eigenvalue weighted by Crippen LogP contribution is -2.41. The molecule has 2 heterocycles. The molecule has 1 aliphatic heterocycles. The smallest absolute Gasteiger partial charge is 0.272 e. The van der Waals surface area contributed by atoms with Crippen LogP contribution in [0.2, 0.25) is 0 Å². The summed E-state index contributed by atoms with van der Waals surface area (Å²) in [5.41, 5.74) is 6.15. The number of nitrogens with zero attached hydrogens (tertiary/aromatic N) is 1. The summed E-state index contributed by atoms with van der Waals surface area (Å²) in [5.74, 6) is -0.108. The Balaban J connectivity index is 1.99. The van der Waals surface area contributed by atoms with Gasteiger partial charge < -0.3 is 11.1 Å². The number of hydrogen-bond donors (Lipinski definition) is 2. The van der Waals surface area contributed by atoms with Crippen LogP contribution < -0.4 is 11.1 Å². The minimum absolute atomic E-state index is 0.121. The zero-order valence-electron chi connectivity index (χ0n) is 9.80. The maximum absolute atomic E-state index is 11.9. The third kappa shape index (κ3) is 2.98. The summed E-state index contributed by atoms with van der Waals surface area (Å²) in [7, 11) is -2.92. The highest BCUT2D eigenvalue weighted by atomic mass is 32.2. The lowest BCUT2D eigenvalue weighted by atomic mass is 10.1. The van der Waals surface area contributed by atoms with Gasteiger partial charge in [-0.15, -0.1) is 0 Å². The van der Waals surface area contributed by atoms with E-state index >= 15 is 0 Å². The lowest BCUT2D eigenvalue weighted by molar-refractivity contribution is 0.0930. The highest BCUT2D eigenvalue weighted by molar-refractivity contribution is 7.91. The first-order chi connectivity index (χ1) is 8.48. The van der Waals surface area contributed by atoms with Gasteiger partial charge in [-0.25, -0.2) is 13.4 Å². The number of nitrogen functional groups attached to an aromatic ring is 1. The summed E-state index contributed by atoms with van der Waals surface area (Å²) in [6.07, 6.45) is 2.39. The molecule has 7 heteroatoms. The average molecular weight is 269 g/mol. The van der Waals surface area contributed by atoms with Gasteiger partial charge in [0.2, 0.25) is 0 Å². The number of anilines is 1. The van der Waals surface area contributed by atoms with Gasteiger partial charge in [-0.2, -0.15) is 0 Å². The SMILES string of the molecule is Nc1cccnc1C(=O)NC1CCS(=O)(=O)CC1. The van der Waals surface area contributed by atoms with Gasteiger partial charge in [-0.3, -0.25) is 4.79 Å². The van der Waals surface area contributed by atoms with Crippen LogP contribution in [0.25, 0.3) is 0 Å². The predicted octanol–water partition coefficient (Wildman–Crippen LogP) is -0.0292. The van der Waals surface area contributed by atoms with Crippen LogP contribution >= 0.6 is 0 Å². The Kier molecular flexibility index (Phi) is 3.51. The van der Waals surface area contributed by atoms with Gasteiger partial charge in [0, 0.05) is 12.2 Å². The average Bonchev–Trinajstić information content (AvgIpc) is 2.32. The first kappa shape index (κ1) is 12.8. The molecule has 1 aromatic rings. The van der Waals surface area contributed by atoms with E-state index in [9.17, 15) is 13.2 Å². The van der Waals surface area contributed by atoms with Crippen molar-refractivity contribution >= 4 is 21.4 Å². The first-order valence-electron chi connectivity index (χ1n) is 5.70. The zero-order valence-corrected chi connectivity index (χ0v) is 10.6. The van der Waals surface area contributed by atoms with Crippen LogP contribution in [0.4, 0.5) is 5.69 Å². The normalized spacial score (nSPS) is 19.3. The zero-order chi connectivity index (χ0) is 13.2. The highest BCUT2D eigenvalue weighted by Crippen LogP contribution is 2.14. The summed E-state index contributed by atoms with van der Waals surface area (Å²) in [6, 6.07) is 3.13. The Morgan fingerprint density at radius 3 is 2.67 bits per heavy atom. The Morgan fingerprint density at radius 1 is 1.39 bits per heavy atom. The first-order valence-corrected chi connectivity index (χ1v) is 7.52. The molecule has 6 nitrogen and oxygen atoms in total. The van der Waals surface area contributed by atoms with E-state index in [-0.39, 0.29) is 29.1 Å². The largest absolute Gasteiger partial charge is 0.397 e. The van der Waals surface area contributed by atoms with Crippen LogP contribution in [-0.2, 0) is 9.84 Å². The van der Waals surface area contributed by atoms with E-state index in [1.807, 2.05) is 0 Å². The molecule has 0 unspecified atom stereocenters. The van der Waals surface area contributed by atoms with Crippen LogP contribution in [0.3, 0.4) is 0 Å². The van der Waals surface area contributed by atoms with Crippen LogP contribution in [0.15, 0.2) is 18.3 Å². The molecular weight excluding hydrogens is 254 g/mol. The van der Waals surface area contributed by atoms with Crippen LogP contribution in [0.1, 0.15) is 23.3 Å². The molecule has 0 aromatic carbocycles. The van der Waals surface area contributed by atoms with E-state index in [1.165, 1.54) is 6.20 Å². The van der Waals surface area contributed by atoms with Crippen molar-refractivity contribution < 1.29 is 13.2 Å². The minimum atomic E-state index is -2.92. The third-order valence-corrected chi connectivity index (χ3v) is 4.66. The molecule has 1 saturated heterocycles. The van der Waals surface area contributed by atoms with E-state index < -0.39 is 9.84 Å². The van der Waals surface area contributed by atoms with E-state index in [2.05, 4.69) is 10.3 Å². The number of sulfone groups is 1. The second-order valence-electron chi connectivity index (χ2n) is 4.34. The number of nitrogens with one attached hydrogen (secondary N) is 1. The van der Waals surface area contributed by atoms with E-state index in [0.29, 0.717) is 18.5 Å². The molecule has 1 aromatic heterocycles. The minimum Gasteiger partial charge on any atom is -0.397 e. The van der Waals surface area contributed by atoms with Crippen molar-refractivity contribution in [2.45, 2.75) is 18.9 Å². The number of pyridine rings is 1. The molecule has 0 bridgehead atoms. The molecule has 0 radical (unpaired) electrons. The highest BCUT2D eigenvalue weighted by Gasteiger charge is 2.25. The summed E-state index contributed by atoms with van der Waals surface area (Å²) >= 11 is 0. The molecule has 3 N–H and O–H groups in total. The van der Waals surface area contributed by atoms with Crippen molar-refractivity contribution in [2.24, 2.45) is 0 Å².